The zero-order valence-electron chi connectivity index (χ0n) is 12.1. The van der Waals surface area contributed by atoms with E-state index in [1.54, 1.807) is 0 Å². The van der Waals surface area contributed by atoms with Crippen LogP contribution in [0.3, 0.4) is 0 Å². The van der Waals surface area contributed by atoms with Crippen molar-refractivity contribution >= 4 is 11.6 Å². The maximum absolute atomic E-state index is 13.2. The average Bonchev–Trinajstić information content (AvgIpc) is 2.36. The zero-order valence-corrected chi connectivity index (χ0v) is 12.1. The van der Waals surface area contributed by atoms with Crippen LogP contribution in [-0.2, 0) is 0 Å². The van der Waals surface area contributed by atoms with Gasteiger partial charge in [0.2, 0.25) is 5.82 Å². The Labute approximate surface area is 122 Å². The lowest BCUT2D eigenvalue weighted by Gasteiger charge is -2.47. The van der Waals surface area contributed by atoms with Crippen LogP contribution in [0.4, 0.5) is 10.1 Å². The highest BCUT2D eigenvalue weighted by Crippen LogP contribution is 2.35. The molecule has 114 valence electrons. The van der Waals surface area contributed by atoms with Crippen molar-refractivity contribution in [1.29, 1.82) is 0 Å². The van der Waals surface area contributed by atoms with Gasteiger partial charge in [-0.3, -0.25) is 14.9 Å². The van der Waals surface area contributed by atoms with Crippen molar-refractivity contribution in [2.24, 2.45) is 0 Å². The zero-order chi connectivity index (χ0) is 15.6. The van der Waals surface area contributed by atoms with Crippen LogP contribution in [0.15, 0.2) is 18.2 Å². The van der Waals surface area contributed by atoms with E-state index in [0.29, 0.717) is 6.54 Å². The molecule has 2 rings (SSSR count). The number of carbonyl (C=O) groups is 1. The Bertz CT molecular complexity index is 571. The summed E-state index contributed by atoms with van der Waals surface area (Å²) in [5.41, 5.74) is -0.633. The molecule has 6 nitrogen and oxygen atoms in total. The lowest BCUT2D eigenvalue weighted by molar-refractivity contribution is -0.387. The van der Waals surface area contributed by atoms with Gasteiger partial charge in [-0.15, -0.1) is 0 Å². The monoisotopic (exact) mass is 295 g/mol. The van der Waals surface area contributed by atoms with Crippen molar-refractivity contribution in [1.82, 2.24) is 10.2 Å². The van der Waals surface area contributed by atoms with Gasteiger partial charge in [0.15, 0.2) is 0 Å². The maximum atomic E-state index is 13.2. The number of hydrogen-bond donors (Lipinski definition) is 1. The standard InChI is InChI=1S/C14H18FN3O3/c1-17(2)14(6-3-7-14)9-16-13(19)10-4-5-11(15)12(8-10)18(20)21/h4-5,8H,3,6-7,9H2,1-2H3,(H,16,19). The summed E-state index contributed by atoms with van der Waals surface area (Å²) in [4.78, 5) is 24.0. The smallest absolute Gasteiger partial charge is 0.305 e. The predicted molar refractivity (Wildman–Crippen MR) is 75.7 cm³/mol. The van der Waals surface area contributed by atoms with E-state index in [-0.39, 0.29) is 11.1 Å². The fourth-order valence-electron chi connectivity index (χ4n) is 2.51. The molecule has 0 heterocycles. The van der Waals surface area contributed by atoms with Gasteiger partial charge in [0, 0.05) is 23.7 Å². The van der Waals surface area contributed by atoms with Crippen LogP contribution in [0.2, 0.25) is 0 Å². The topological polar surface area (TPSA) is 75.5 Å². The second-order valence-corrected chi connectivity index (χ2v) is 5.58. The van der Waals surface area contributed by atoms with Crippen LogP contribution in [0, 0.1) is 15.9 Å². The van der Waals surface area contributed by atoms with Gasteiger partial charge in [0.1, 0.15) is 0 Å². The van der Waals surface area contributed by atoms with E-state index in [9.17, 15) is 19.3 Å². The van der Waals surface area contributed by atoms with Crippen molar-refractivity contribution in [2.75, 3.05) is 20.6 Å². The van der Waals surface area contributed by atoms with E-state index in [1.165, 1.54) is 6.07 Å². The van der Waals surface area contributed by atoms with Crippen molar-refractivity contribution in [3.8, 4) is 0 Å². The molecule has 0 aromatic heterocycles. The molecular weight excluding hydrogens is 277 g/mol. The molecule has 0 radical (unpaired) electrons. The minimum atomic E-state index is -0.944. The second kappa shape index (κ2) is 5.77. The largest absolute Gasteiger partial charge is 0.350 e. The summed E-state index contributed by atoms with van der Waals surface area (Å²) in [5, 5.41) is 13.5. The van der Waals surface area contributed by atoms with Crippen LogP contribution in [0.5, 0.6) is 0 Å². The summed E-state index contributed by atoms with van der Waals surface area (Å²) in [7, 11) is 3.93. The van der Waals surface area contributed by atoms with E-state index in [0.717, 1.165) is 31.4 Å². The molecule has 1 amide bonds. The normalized spacial score (nSPS) is 16.4. The number of carbonyl (C=O) groups excluding carboxylic acids is 1. The van der Waals surface area contributed by atoms with Gasteiger partial charge >= 0.3 is 5.69 Å². The van der Waals surface area contributed by atoms with Crippen molar-refractivity contribution in [2.45, 2.75) is 24.8 Å². The molecule has 1 aliphatic carbocycles. The van der Waals surface area contributed by atoms with Crippen LogP contribution in [0.25, 0.3) is 0 Å². The highest BCUT2D eigenvalue weighted by Gasteiger charge is 2.39. The Morgan fingerprint density at radius 3 is 2.62 bits per heavy atom. The summed E-state index contributed by atoms with van der Waals surface area (Å²) in [5.74, 6) is -1.37. The number of nitrogens with zero attached hydrogens (tertiary/aromatic N) is 2. The van der Waals surface area contributed by atoms with Crippen LogP contribution < -0.4 is 5.32 Å². The van der Waals surface area contributed by atoms with Gasteiger partial charge in [0.05, 0.1) is 4.92 Å². The number of nitrogens with one attached hydrogen (secondary N) is 1. The van der Waals surface area contributed by atoms with Crippen LogP contribution in [-0.4, -0.2) is 41.9 Å². The van der Waals surface area contributed by atoms with E-state index in [1.807, 2.05) is 14.1 Å². The lowest BCUT2D eigenvalue weighted by atomic mass is 9.75. The molecular formula is C14H18FN3O3. The van der Waals surface area contributed by atoms with Gasteiger partial charge in [0.25, 0.3) is 5.91 Å². The SMILES string of the molecule is CN(C)C1(CNC(=O)c2ccc(F)c([N+](=O)[O-])c2)CCC1. The van der Waals surface area contributed by atoms with E-state index in [4.69, 9.17) is 0 Å². The first kappa shape index (κ1) is 15.4. The molecule has 1 aromatic carbocycles. The van der Waals surface area contributed by atoms with Gasteiger partial charge < -0.3 is 10.2 Å². The number of rotatable bonds is 5. The summed E-state index contributed by atoms with van der Waals surface area (Å²) < 4.78 is 13.2. The lowest BCUT2D eigenvalue weighted by Crippen LogP contribution is -2.57. The third kappa shape index (κ3) is 3.02. The minimum Gasteiger partial charge on any atom is -0.350 e. The molecule has 1 fully saturated rings. The third-order valence-electron chi connectivity index (χ3n) is 4.22. The number of likely N-dealkylation sites (N-methyl/N-ethyl adjacent to an activating group) is 1. The van der Waals surface area contributed by atoms with Crippen molar-refractivity contribution in [3.05, 3.63) is 39.7 Å². The highest BCUT2D eigenvalue weighted by molar-refractivity contribution is 5.94. The first-order valence-electron chi connectivity index (χ1n) is 6.75. The molecule has 21 heavy (non-hydrogen) atoms. The molecule has 1 aromatic rings. The van der Waals surface area contributed by atoms with E-state index >= 15 is 0 Å². The molecule has 0 atom stereocenters. The first-order valence-corrected chi connectivity index (χ1v) is 6.75. The molecule has 0 spiro atoms. The number of nitro benzene ring substituents is 1. The van der Waals surface area contributed by atoms with E-state index in [2.05, 4.69) is 10.2 Å². The van der Waals surface area contributed by atoms with Crippen molar-refractivity contribution in [3.63, 3.8) is 0 Å². The van der Waals surface area contributed by atoms with Crippen molar-refractivity contribution < 1.29 is 14.1 Å². The number of hydrogen-bond acceptors (Lipinski definition) is 4. The Morgan fingerprint density at radius 1 is 1.48 bits per heavy atom. The number of halogens is 1. The summed E-state index contributed by atoms with van der Waals surface area (Å²) in [6, 6.07) is 3.16. The Kier molecular flexibility index (Phi) is 4.22. The first-order chi connectivity index (χ1) is 9.85. The molecule has 0 unspecified atom stereocenters. The average molecular weight is 295 g/mol. The van der Waals surface area contributed by atoms with Gasteiger partial charge in [-0.05, 0) is 45.5 Å². The summed E-state index contributed by atoms with van der Waals surface area (Å²) in [6.45, 7) is 0.476. The Balaban J connectivity index is 2.07. The fourth-order valence-corrected chi connectivity index (χ4v) is 2.51. The number of benzene rings is 1. The third-order valence-corrected chi connectivity index (χ3v) is 4.22. The molecule has 1 N–H and O–H groups in total. The summed E-state index contributed by atoms with van der Waals surface area (Å²) >= 11 is 0. The second-order valence-electron chi connectivity index (χ2n) is 5.58. The summed E-state index contributed by atoms with van der Waals surface area (Å²) in [6.07, 6.45) is 3.13. The molecule has 7 heteroatoms. The Morgan fingerprint density at radius 2 is 2.14 bits per heavy atom. The quantitative estimate of drug-likeness (QED) is 0.665. The molecule has 0 aliphatic heterocycles. The fraction of sp³-hybridized carbons (Fsp3) is 0.500. The van der Waals surface area contributed by atoms with Gasteiger partial charge in [-0.25, -0.2) is 0 Å². The van der Waals surface area contributed by atoms with Gasteiger partial charge in [-0.2, -0.15) is 4.39 Å². The predicted octanol–water partition coefficient (Wildman–Crippen LogP) is 1.95. The van der Waals surface area contributed by atoms with Gasteiger partial charge in [-0.1, -0.05) is 0 Å². The Hall–Kier alpha value is -2.02. The highest BCUT2D eigenvalue weighted by atomic mass is 19.1. The molecule has 1 aliphatic rings. The van der Waals surface area contributed by atoms with E-state index < -0.39 is 22.3 Å². The minimum absolute atomic E-state index is 0.0401. The van der Waals surface area contributed by atoms with Crippen LogP contribution in [0.1, 0.15) is 29.6 Å². The number of nitro groups is 1. The van der Waals surface area contributed by atoms with Crippen LogP contribution >= 0.6 is 0 Å². The molecule has 0 bridgehead atoms. The maximum Gasteiger partial charge on any atom is 0.305 e. The number of amides is 1. The molecule has 1 saturated carbocycles. The molecule has 0 saturated heterocycles.